The van der Waals surface area contributed by atoms with Crippen LogP contribution in [0.5, 0.6) is 5.75 Å². The fourth-order valence-electron chi connectivity index (χ4n) is 1.90. The highest BCUT2D eigenvalue weighted by Crippen LogP contribution is 2.11. The van der Waals surface area contributed by atoms with Gasteiger partial charge in [0, 0.05) is 12.1 Å². The number of aldehydes is 1. The van der Waals surface area contributed by atoms with Gasteiger partial charge in [0.25, 0.3) is 0 Å². The van der Waals surface area contributed by atoms with E-state index in [0.717, 1.165) is 11.8 Å². The summed E-state index contributed by atoms with van der Waals surface area (Å²) in [5.41, 5.74) is 1.52. The van der Waals surface area contributed by atoms with Crippen LogP contribution in [0.4, 0.5) is 4.79 Å². The number of benzene rings is 2. The van der Waals surface area contributed by atoms with E-state index < -0.39 is 6.09 Å². The fraction of sp³-hybridized carbons (Fsp3) is 0.222. The number of carbonyl (C=O) groups is 2. The van der Waals surface area contributed by atoms with E-state index in [2.05, 4.69) is 5.32 Å². The first kappa shape index (κ1) is 16.5. The van der Waals surface area contributed by atoms with E-state index >= 15 is 0 Å². The smallest absolute Gasteiger partial charge is 0.407 e. The average molecular weight is 313 g/mol. The molecule has 0 aliphatic rings. The first-order valence-corrected chi connectivity index (χ1v) is 7.40. The molecule has 0 aliphatic heterocycles. The summed E-state index contributed by atoms with van der Waals surface area (Å²) in [6.45, 7) is 1.16. The maximum absolute atomic E-state index is 11.5. The van der Waals surface area contributed by atoms with Gasteiger partial charge in [-0.25, -0.2) is 4.79 Å². The summed E-state index contributed by atoms with van der Waals surface area (Å²) in [5.74, 6) is 0.640. The molecule has 0 radical (unpaired) electrons. The van der Waals surface area contributed by atoms with Gasteiger partial charge in [-0.2, -0.15) is 0 Å². The van der Waals surface area contributed by atoms with Gasteiger partial charge in [-0.1, -0.05) is 42.5 Å². The van der Waals surface area contributed by atoms with Crippen LogP contribution in [0.25, 0.3) is 0 Å². The number of rotatable bonds is 8. The highest BCUT2D eigenvalue weighted by atomic mass is 16.5. The van der Waals surface area contributed by atoms with Gasteiger partial charge in [0.05, 0.1) is 6.61 Å². The third kappa shape index (κ3) is 6.22. The molecule has 0 spiro atoms. The maximum atomic E-state index is 11.5. The number of hydrogen-bond acceptors (Lipinski definition) is 4. The van der Waals surface area contributed by atoms with Gasteiger partial charge in [0.2, 0.25) is 0 Å². The third-order valence-electron chi connectivity index (χ3n) is 3.07. The molecule has 2 aromatic rings. The Morgan fingerprint density at radius 1 is 1.09 bits per heavy atom. The molecule has 0 aromatic heterocycles. The summed E-state index contributed by atoms with van der Waals surface area (Å²) in [4.78, 5) is 22.2. The quantitative estimate of drug-likeness (QED) is 0.600. The molecule has 2 rings (SSSR count). The van der Waals surface area contributed by atoms with E-state index in [9.17, 15) is 9.59 Å². The molecule has 1 amide bonds. The second kappa shape index (κ2) is 9.25. The molecule has 0 fully saturated rings. The molecule has 120 valence electrons. The van der Waals surface area contributed by atoms with Crippen molar-refractivity contribution in [1.29, 1.82) is 0 Å². The van der Waals surface area contributed by atoms with Crippen molar-refractivity contribution >= 4 is 12.4 Å². The Labute approximate surface area is 135 Å². The predicted molar refractivity (Wildman–Crippen MR) is 86.6 cm³/mol. The van der Waals surface area contributed by atoms with Gasteiger partial charge in [0.1, 0.15) is 18.6 Å². The summed E-state index contributed by atoms with van der Waals surface area (Å²) in [6.07, 6.45) is 0.972. The Kier molecular flexibility index (Phi) is 6.65. The maximum Gasteiger partial charge on any atom is 0.407 e. The lowest BCUT2D eigenvalue weighted by Gasteiger charge is -2.08. The Bertz CT molecular complexity index is 628. The Morgan fingerprint density at radius 2 is 1.91 bits per heavy atom. The zero-order valence-electron chi connectivity index (χ0n) is 12.7. The topological polar surface area (TPSA) is 64.6 Å². The van der Waals surface area contributed by atoms with Crippen LogP contribution in [0.2, 0.25) is 0 Å². The van der Waals surface area contributed by atoms with Crippen molar-refractivity contribution in [3.05, 3.63) is 65.7 Å². The van der Waals surface area contributed by atoms with Crippen LogP contribution in [-0.4, -0.2) is 25.5 Å². The van der Waals surface area contributed by atoms with Crippen LogP contribution in [0, 0.1) is 0 Å². The monoisotopic (exact) mass is 313 g/mol. The zero-order valence-corrected chi connectivity index (χ0v) is 12.7. The molecule has 1 N–H and O–H groups in total. The van der Waals surface area contributed by atoms with Crippen molar-refractivity contribution in [2.75, 3.05) is 13.2 Å². The number of ether oxygens (including phenoxy) is 2. The minimum absolute atomic E-state index is 0.252. The minimum atomic E-state index is -0.447. The van der Waals surface area contributed by atoms with Crippen molar-refractivity contribution in [2.24, 2.45) is 0 Å². The predicted octanol–water partition coefficient (Wildman–Crippen LogP) is 3.19. The molecular weight excluding hydrogens is 294 g/mol. The summed E-state index contributed by atoms with van der Waals surface area (Å²) in [5, 5.41) is 2.66. The Morgan fingerprint density at radius 3 is 2.70 bits per heavy atom. The van der Waals surface area contributed by atoms with Crippen molar-refractivity contribution in [3.63, 3.8) is 0 Å². The van der Waals surface area contributed by atoms with Crippen LogP contribution < -0.4 is 10.1 Å². The van der Waals surface area contributed by atoms with Gasteiger partial charge in [-0.05, 0) is 24.1 Å². The van der Waals surface area contributed by atoms with Crippen molar-refractivity contribution in [2.45, 2.75) is 13.0 Å². The van der Waals surface area contributed by atoms with Gasteiger partial charge < -0.3 is 14.8 Å². The molecule has 0 atom stereocenters. The van der Waals surface area contributed by atoms with E-state index in [0.29, 0.717) is 30.9 Å². The molecule has 5 nitrogen and oxygen atoms in total. The second-order valence-corrected chi connectivity index (χ2v) is 4.88. The molecule has 0 heterocycles. The molecule has 0 saturated heterocycles. The lowest BCUT2D eigenvalue weighted by molar-refractivity contribution is 0.112. The first-order chi connectivity index (χ1) is 11.3. The normalized spacial score (nSPS) is 9.91. The molecule has 2 aromatic carbocycles. The highest BCUT2D eigenvalue weighted by molar-refractivity contribution is 5.75. The van der Waals surface area contributed by atoms with Gasteiger partial charge in [-0.15, -0.1) is 0 Å². The summed E-state index contributed by atoms with van der Waals surface area (Å²) < 4.78 is 10.6. The van der Waals surface area contributed by atoms with Gasteiger partial charge in [-0.3, -0.25) is 4.79 Å². The van der Waals surface area contributed by atoms with Gasteiger partial charge in [0.15, 0.2) is 0 Å². The average Bonchev–Trinajstić information content (AvgIpc) is 2.61. The summed E-state index contributed by atoms with van der Waals surface area (Å²) in [7, 11) is 0. The minimum Gasteiger partial charge on any atom is -0.494 e. The molecule has 0 saturated carbocycles. The molecule has 0 bridgehead atoms. The van der Waals surface area contributed by atoms with Crippen LogP contribution >= 0.6 is 0 Å². The SMILES string of the molecule is O=Cc1cccc(OCCCNC(=O)OCc2ccccc2)c1. The standard InChI is InChI=1S/C18H19NO4/c20-13-16-8-4-9-17(12-16)22-11-5-10-19-18(21)23-14-15-6-2-1-3-7-15/h1-4,6-9,12-13H,5,10-11,14H2,(H,19,21). The number of hydrogen-bond donors (Lipinski definition) is 1. The summed E-state index contributed by atoms with van der Waals surface area (Å²) >= 11 is 0. The fourth-order valence-corrected chi connectivity index (χ4v) is 1.90. The van der Waals surface area contributed by atoms with Crippen LogP contribution in [0.3, 0.4) is 0 Å². The molecule has 0 unspecified atom stereocenters. The number of amides is 1. The first-order valence-electron chi connectivity index (χ1n) is 7.40. The number of nitrogens with one attached hydrogen (secondary N) is 1. The van der Waals surface area contributed by atoms with Crippen molar-refractivity contribution < 1.29 is 19.1 Å². The lowest BCUT2D eigenvalue weighted by atomic mass is 10.2. The van der Waals surface area contributed by atoms with E-state index in [1.54, 1.807) is 24.3 Å². The molecular formula is C18H19NO4. The van der Waals surface area contributed by atoms with Crippen molar-refractivity contribution in [1.82, 2.24) is 5.32 Å². The Hall–Kier alpha value is -2.82. The Balaban J connectivity index is 1.58. The van der Waals surface area contributed by atoms with Gasteiger partial charge >= 0.3 is 6.09 Å². The number of alkyl carbamates (subject to hydrolysis) is 1. The summed E-state index contributed by atoms with van der Waals surface area (Å²) in [6, 6.07) is 16.4. The zero-order chi connectivity index (χ0) is 16.3. The number of carbonyl (C=O) groups excluding carboxylic acids is 2. The van der Waals surface area contributed by atoms with Crippen LogP contribution in [0.15, 0.2) is 54.6 Å². The van der Waals surface area contributed by atoms with Crippen molar-refractivity contribution in [3.8, 4) is 5.75 Å². The molecule has 0 aliphatic carbocycles. The van der Waals surface area contributed by atoms with E-state index in [1.165, 1.54) is 0 Å². The third-order valence-corrected chi connectivity index (χ3v) is 3.07. The van der Waals surface area contributed by atoms with Crippen LogP contribution in [-0.2, 0) is 11.3 Å². The lowest BCUT2D eigenvalue weighted by Crippen LogP contribution is -2.26. The largest absolute Gasteiger partial charge is 0.494 e. The molecule has 5 heteroatoms. The van der Waals surface area contributed by atoms with E-state index in [4.69, 9.17) is 9.47 Å². The van der Waals surface area contributed by atoms with E-state index in [-0.39, 0.29) is 6.61 Å². The molecule has 23 heavy (non-hydrogen) atoms. The highest BCUT2D eigenvalue weighted by Gasteiger charge is 2.02. The van der Waals surface area contributed by atoms with Crippen LogP contribution in [0.1, 0.15) is 22.3 Å². The second-order valence-electron chi connectivity index (χ2n) is 4.88. The van der Waals surface area contributed by atoms with E-state index in [1.807, 2.05) is 30.3 Å².